The Kier molecular flexibility index (Phi) is 8.45. The summed E-state index contributed by atoms with van der Waals surface area (Å²) in [5.41, 5.74) is 2.04. The van der Waals surface area contributed by atoms with E-state index in [1.165, 1.54) is 0 Å². The Bertz CT molecular complexity index is 1070. The van der Waals surface area contributed by atoms with E-state index in [-0.39, 0.29) is 12.1 Å². The molecule has 0 unspecified atom stereocenters. The predicted molar refractivity (Wildman–Crippen MR) is 155 cm³/mol. The van der Waals surface area contributed by atoms with Gasteiger partial charge in [0.25, 0.3) is 0 Å². The molecule has 0 bridgehead atoms. The summed E-state index contributed by atoms with van der Waals surface area (Å²) in [5.74, 6) is 0. The summed E-state index contributed by atoms with van der Waals surface area (Å²) in [4.78, 5) is 25.2. The molecular weight excluding hydrogens is 654 g/mol. The van der Waals surface area contributed by atoms with Gasteiger partial charge in [-0.3, -0.25) is 0 Å². The Morgan fingerprint density at radius 3 is 1.32 bits per heavy atom. The van der Waals surface area contributed by atoms with Crippen LogP contribution in [0.15, 0.2) is 72.8 Å². The number of benzene rings is 3. The van der Waals surface area contributed by atoms with Crippen LogP contribution in [-0.2, 0) is 11.1 Å². The number of rotatable bonds is 6. The molecule has 8 heteroatoms. The fourth-order valence-electron chi connectivity index (χ4n) is 3.40. The molecule has 0 heterocycles. The van der Waals surface area contributed by atoms with Crippen molar-refractivity contribution in [1.82, 2.24) is 10.6 Å². The van der Waals surface area contributed by atoms with Gasteiger partial charge < -0.3 is 21.3 Å². The van der Waals surface area contributed by atoms with Crippen LogP contribution in [0.4, 0.5) is 21.0 Å². The minimum atomic E-state index is -0.636. The molecule has 3 aromatic carbocycles. The van der Waals surface area contributed by atoms with Crippen LogP contribution in [0.3, 0.4) is 0 Å². The van der Waals surface area contributed by atoms with Crippen LogP contribution in [0.5, 0.6) is 0 Å². The van der Waals surface area contributed by atoms with Crippen molar-refractivity contribution in [3.8, 4) is 0 Å². The summed E-state index contributed by atoms with van der Waals surface area (Å²) >= 11 is 4.45. The number of carbonyl (C=O) groups excluding carboxylic acids is 2. The predicted octanol–water partition coefficient (Wildman–Crippen LogP) is 7.01. The maximum atomic E-state index is 12.6. The number of hydrogen-bond acceptors (Lipinski definition) is 2. The van der Waals surface area contributed by atoms with Gasteiger partial charge in [-0.05, 0) is 133 Å². The lowest BCUT2D eigenvalue weighted by atomic mass is 9.87. The molecule has 0 fully saturated rings. The molecule has 0 aliphatic carbocycles. The molecule has 0 atom stereocenters. The van der Waals surface area contributed by atoms with Crippen molar-refractivity contribution in [3.05, 3.63) is 91.1 Å². The second-order valence-corrected chi connectivity index (χ2v) is 11.5. The minimum absolute atomic E-state index is 0.286. The third kappa shape index (κ3) is 7.33. The Morgan fingerprint density at radius 1 is 0.618 bits per heavy atom. The van der Waals surface area contributed by atoms with E-state index >= 15 is 0 Å². The van der Waals surface area contributed by atoms with Crippen LogP contribution >= 0.6 is 45.2 Å². The van der Waals surface area contributed by atoms with Crippen LogP contribution in [0, 0.1) is 7.14 Å². The van der Waals surface area contributed by atoms with Gasteiger partial charge in [-0.2, -0.15) is 0 Å². The number of carbonyl (C=O) groups is 2. The molecule has 0 aliphatic rings. The molecule has 4 N–H and O–H groups in total. The smallest absolute Gasteiger partial charge is 0.319 e. The first-order chi connectivity index (χ1) is 15.9. The highest BCUT2D eigenvalue weighted by Gasteiger charge is 2.27. The summed E-state index contributed by atoms with van der Waals surface area (Å²) in [7, 11) is 0. The van der Waals surface area contributed by atoms with Crippen molar-refractivity contribution in [2.45, 2.75) is 38.8 Å². The average Bonchev–Trinajstić information content (AvgIpc) is 2.76. The van der Waals surface area contributed by atoms with Crippen molar-refractivity contribution >= 4 is 68.6 Å². The number of halogens is 2. The minimum Gasteiger partial charge on any atom is -0.329 e. The molecule has 3 aromatic rings. The van der Waals surface area contributed by atoms with E-state index in [1.807, 2.05) is 100 Å². The fourth-order valence-corrected chi connectivity index (χ4v) is 4.12. The van der Waals surface area contributed by atoms with Crippen LogP contribution in [0.25, 0.3) is 0 Å². The van der Waals surface area contributed by atoms with Gasteiger partial charge in [0.05, 0.1) is 11.1 Å². The molecule has 178 valence electrons. The van der Waals surface area contributed by atoms with E-state index in [1.54, 1.807) is 0 Å². The van der Waals surface area contributed by atoms with Crippen molar-refractivity contribution in [2.24, 2.45) is 0 Å². The Balaban J connectivity index is 1.68. The molecule has 0 spiro atoms. The van der Waals surface area contributed by atoms with Gasteiger partial charge in [-0.1, -0.05) is 24.3 Å². The normalized spacial score (nSPS) is 11.5. The standard InChI is InChI=1S/C26H28I2N4O2/c1-25(2,31-23(33)29-21-12-8-19(27)9-13-21)17-6-5-7-18(16-17)26(3,4)32-24(34)30-22-14-10-20(28)11-15-22/h5-16H,1-4H3,(H2,29,31,33)(H2,30,32,34). The lowest BCUT2D eigenvalue weighted by Gasteiger charge is -2.31. The molecule has 3 rings (SSSR count). The van der Waals surface area contributed by atoms with E-state index in [9.17, 15) is 9.59 Å². The topological polar surface area (TPSA) is 82.3 Å². The van der Waals surface area contributed by atoms with Crippen LogP contribution in [-0.4, -0.2) is 12.1 Å². The molecule has 0 aliphatic heterocycles. The summed E-state index contributed by atoms with van der Waals surface area (Å²) < 4.78 is 2.20. The largest absolute Gasteiger partial charge is 0.329 e. The van der Waals surface area contributed by atoms with E-state index in [2.05, 4.69) is 66.4 Å². The number of nitrogens with one attached hydrogen (secondary N) is 4. The second kappa shape index (κ2) is 10.9. The van der Waals surface area contributed by atoms with Gasteiger partial charge in [0.15, 0.2) is 0 Å². The Hall–Kier alpha value is -2.34. The van der Waals surface area contributed by atoms with Crippen LogP contribution < -0.4 is 21.3 Å². The third-order valence-corrected chi connectivity index (χ3v) is 6.80. The summed E-state index contributed by atoms with van der Waals surface area (Å²) in [5, 5.41) is 11.8. The lowest BCUT2D eigenvalue weighted by molar-refractivity contribution is 0.241. The first kappa shape index (κ1) is 26.3. The number of urea groups is 2. The van der Waals surface area contributed by atoms with Gasteiger partial charge in [-0.25, -0.2) is 9.59 Å². The number of hydrogen-bond donors (Lipinski definition) is 4. The van der Waals surface area contributed by atoms with Crippen molar-refractivity contribution in [2.75, 3.05) is 10.6 Å². The molecule has 4 amide bonds. The number of amides is 4. The van der Waals surface area contributed by atoms with E-state index in [4.69, 9.17) is 0 Å². The summed E-state index contributed by atoms with van der Waals surface area (Å²) in [6.45, 7) is 7.79. The molecule has 0 saturated carbocycles. The average molecular weight is 682 g/mol. The van der Waals surface area contributed by atoms with Crippen molar-refractivity contribution in [3.63, 3.8) is 0 Å². The molecule has 6 nitrogen and oxygen atoms in total. The first-order valence-electron chi connectivity index (χ1n) is 10.8. The highest BCUT2D eigenvalue weighted by Crippen LogP contribution is 2.27. The monoisotopic (exact) mass is 682 g/mol. The molecular formula is C26H28I2N4O2. The van der Waals surface area contributed by atoms with Crippen molar-refractivity contribution in [1.29, 1.82) is 0 Å². The molecule has 0 radical (unpaired) electrons. The van der Waals surface area contributed by atoms with E-state index in [0.717, 1.165) is 29.6 Å². The quantitative estimate of drug-likeness (QED) is 0.211. The first-order valence-corrected chi connectivity index (χ1v) is 12.9. The molecule has 0 aromatic heterocycles. The van der Waals surface area contributed by atoms with Crippen LogP contribution in [0.1, 0.15) is 38.8 Å². The number of anilines is 2. The molecule has 0 saturated heterocycles. The highest BCUT2D eigenvalue weighted by molar-refractivity contribution is 14.1. The maximum Gasteiger partial charge on any atom is 0.319 e. The van der Waals surface area contributed by atoms with Gasteiger partial charge >= 0.3 is 12.1 Å². The SMILES string of the molecule is CC(C)(NC(=O)Nc1ccc(I)cc1)c1cccc(C(C)(C)NC(=O)Nc2ccc(I)cc2)c1. The fraction of sp³-hybridized carbons (Fsp3) is 0.231. The van der Waals surface area contributed by atoms with Gasteiger partial charge in [0, 0.05) is 18.5 Å². The van der Waals surface area contributed by atoms with Gasteiger partial charge in [0.2, 0.25) is 0 Å². The zero-order valence-electron chi connectivity index (χ0n) is 19.5. The van der Waals surface area contributed by atoms with E-state index in [0.29, 0.717) is 0 Å². The van der Waals surface area contributed by atoms with Crippen molar-refractivity contribution < 1.29 is 9.59 Å². The van der Waals surface area contributed by atoms with Gasteiger partial charge in [-0.15, -0.1) is 0 Å². The lowest BCUT2D eigenvalue weighted by Crippen LogP contribution is -2.45. The van der Waals surface area contributed by atoms with Gasteiger partial charge in [0.1, 0.15) is 0 Å². The highest BCUT2D eigenvalue weighted by atomic mass is 127. The van der Waals surface area contributed by atoms with E-state index < -0.39 is 11.1 Å². The summed E-state index contributed by atoms with van der Waals surface area (Å²) in [6.07, 6.45) is 0. The van der Waals surface area contributed by atoms with Crippen LogP contribution in [0.2, 0.25) is 0 Å². The Labute approximate surface area is 228 Å². The molecule has 34 heavy (non-hydrogen) atoms. The zero-order chi connectivity index (χ0) is 24.9. The third-order valence-electron chi connectivity index (χ3n) is 5.36. The maximum absolute atomic E-state index is 12.6. The second-order valence-electron chi connectivity index (χ2n) is 9.00. The summed E-state index contributed by atoms with van der Waals surface area (Å²) in [6, 6.07) is 22.5. The Morgan fingerprint density at radius 2 is 0.971 bits per heavy atom. The zero-order valence-corrected chi connectivity index (χ0v) is 23.8.